The average Bonchev–Trinajstić information content (AvgIpc) is 3.72. The lowest BCUT2D eigenvalue weighted by Gasteiger charge is -2.08. The molecule has 0 bridgehead atoms. The van der Waals surface area contributed by atoms with Crippen LogP contribution in [-0.4, -0.2) is 24.5 Å². The number of thiophene rings is 1. The number of carbonyl (C=O) groups excluding carboxylic acids is 3. The summed E-state index contributed by atoms with van der Waals surface area (Å²) < 4.78 is 22.9. The van der Waals surface area contributed by atoms with Crippen LogP contribution in [-0.2, 0) is 4.79 Å². The van der Waals surface area contributed by atoms with Crippen molar-refractivity contribution in [2.45, 2.75) is 130 Å². The highest BCUT2D eigenvalue weighted by Crippen LogP contribution is 2.44. The van der Waals surface area contributed by atoms with Gasteiger partial charge in [0.1, 0.15) is 23.0 Å². The SMILES string of the molecule is CCCCCCCCCCCCOc1ccc(C(=O)Oc2ccc(-c3sc(-c4ccc(OC(=O)c5ccc(OC(=O)CCCCCC[C@@H](C)CC)cc5)cc4)c4ccccc34)cc2)cc1. The smallest absolute Gasteiger partial charge is 0.343 e. The molecule has 0 saturated heterocycles. The minimum Gasteiger partial charge on any atom is -0.494 e. The van der Waals surface area contributed by atoms with Gasteiger partial charge in [0.25, 0.3) is 0 Å². The van der Waals surface area contributed by atoms with Gasteiger partial charge in [0.05, 0.1) is 17.7 Å². The molecule has 0 aliphatic heterocycles. The number of fused-ring (bicyclic) bond motifs is 1. The first-order chi connectivity index (χ1) is 31.8. The van der Waals surface area contributed by atoms with E-state index in [4.69, 9.17) is 18.9 Å². The number of esters is 3. The molecular formula is C57H66O7S. The highest BCUT2D eigenvalue weighted by molar-refractivity contribution is 7.21. The van der Waals surface area contributed by atoms with Crippen LogP contribution in [0.4, 0.5) is 0 Å². The molecule has 7 nitrogen and oxygen atoms in total. The molecule has 0 spiro atoms. The van der Waals surface area contributed by atoms with Gasteiger partial charge in [0.15, 0.2) is 0 Å². The van der Waals surface area contributed by atoms with Gasteiger partial charge in [-0.1, -0.05) is 135 Å². The number of rotatable bonds is 27. The summed E-state index contributed by atoms with van der Waals surface area (Å²) in [5, 5.41) is 2.23. The predicted molar refractivity (Wildman–Crippen MR) is 266 cm³/mol. The van der Waals surface area contributed by atoms with Crippen LogP contribution >= 0.6 is 11.3 Å². The van der Waals surface area contributed by atoms with E-state index < -0.39 is 11.9 Å². The van der Waals surface area contributed by atoms with E-state index in [0.717, 1.165) is 69.0 Å². The molecular weight excluding hydrogens is 829 g/mol. The summed E-state index contributed by atoms with van der Waals surface area (Å²) in [6.45, 7) is 7.44. The molecule has 5 aromatic carbocycles. The van der Waals surface area contributed by atoms with E-state index in [-0.39, 0.29) is 5.97 Å². The summed E-state index contributed by atoms with van der Waals surface area (Å²) in [4.78, 5) is 40.6. The van der Waals surface area contributed by atoms with Crippen molar-refractivity contribution < 1.29 is 33.3 Å². The Morgan fingerprint density at radius 3 is 1.42 bits per heavy atom. The fourth-order valence-corrected chi connectivity index (χ4v) is 9.12. The Kier molecular flexibility index (Phi) is 19.7. The van der Waals surface area contributed by atoms with Crippen LogP contribution in [0.2, 0.25) is 0 Å². The molecule has 8 heteroatoms. The molecule has 0 fully saturated rings. The number of benzene rings is 5. The van der Waals surface area contributed by atoms with E-state index >= 15 is 0 Å². The van der Waals surface area contributed by atoms with Crippen LogP contribution in [0.5, 0.6) is 23.0 Å². The first-order valence-corrected chi connectivity index (χ1v) is 24.8. The Labute approximate surface area is 390 Å². The molecule has 0 aliphatic carbocycles. The summed E-state index contributed by atoms with van der Waals surface area (Å²) in [5.41, 5.74) is 2.83. The lowest BCUT2D eigenvalue weighted by Crippen LogP contribution is -2.10. The third kappa shape index (κ3) is 15.5. The maximum absolute atomic E-state index is 13.0. The zero-order chi connectivity index (χ0) is 45.6. The van der Waals surface area contributed by atoms with Gasteiger partial charge in [-0.05, 0) is 127 Å². The van der Waals surface area contributed by atoms with Gasteiger partial charge in [0.2, 0.25) is 0 Å². The Morgan fingerprint density at radius 2 is 0.908 bits per heavy atom. The molecule has 0 unspecified atom stereocenters. The van der Waals surface area contributed by atoms with Crippen LogP contribution < -0.4 is 18.9 Å². The second kappa shape index (κ2) is 26.3. The number of unbranched alkanes of at least 4 members (excludes halogenated alkanes) is 12. The van der Waals surface area contributed by atoms with Gasteiger partial charge in [-0.2, -0.15) is 0 Å². The fraction of sp³-hybridized carbons (Fsp3) is 0.386. The zero-order valence-electron chi connectivity index (χ0n) is 38.6. The quantitative estimate of drug-likeness (QED) is 0.0289. The zero-order valence-corrected chi connectivity index (χ0v) is 39.4. The number of carbonyl (C=O) groups is 3. The van der Waals surface area contributed by atoms with E-state index in [9.17, 15) is 14.4 Å². The van der Waals surface area contributed by atoms with Crippen molar-refractivity contribution in [2.75, 3.05) is 6.61 Å². The molecule has 0 radical (unpaired) electrons. The van der Waals surface area contributed by atoms with E-state index in [1.165, 1.54) is 77.0 Å². The third-order valence-corrected chi connectivity index (χ3v) is 13.3. The minimum atomic E-state index is -0.497. The molecule has 65 heavy (non-hydrogen) atoms. The van der Waals surface area contributed by atoms with E-state index in [0.29, 0.717) is 41.4 Å². The molecule has 0 amide bonds. The molecule has 6 aromatic rings. The first-order valence-electron chi connectivity index (χ1n) is 24.0. The highest BCUT2D eigenvalue weighted by atomic mass is 32.1. The normalized spacial score (nSPS) is 11.6. The van der Waals surface area contributed by atoms with Crippen molar-refractivity contribution in [1.82, 2.24) is 0 Å². The Hall–Kier alpha value is -5.73. The van der Waals surface area contributed by atoms with Crippen molar-refractivity contribution in [3.8, 4) is 43.9 Å². The van der Waals surface area contributed by atoms with E-state index in [1.54, 1.807) is 59.9 Å². The molecule has 6 rings (SSSR count). The van der Waals surface area contributed by atoms with Gasteiger partial charge >= 0.3 is 17.9 Å². The first kappa shape index (κ1) is 48.7. The molecule has 1 heterocycles. The summed E-state index contributed by atoms with van der Waals surface area (Å²) in [5.74, 6) is 1.64. The average molecular weight is 895 g/mol. The summed E-state index contributed by atoms with van der Waals surface area (Å²) in [6, 6.07) is 37.0. The van der Waals surface area contributed by atoms with Crippen LogP contribution in [0, 0.1) is 5.92 Å². The van der Waals surface area contributed by atoms with Gasteiger partial charge < -0.3 is 18.9 Å². The minimum absolute atomic E-state index is 0.262. The summed E-state index contributed by atoms with van der Waals surface area (Å²) in [7, 11) is 0. The van der Waals surface area contributed by atoms with Gasteiger partial charge in [-0.25, -0.2) is 9.59 Å². The lowest BCUT2D eigenvalue weighted by molar-refractivity contribution is -0.134. The Balaban J connectivity index is 0.964. The second-order valence-electron chi connectivity index (χ2n) is 17.2. The molecule has 1 atom stereocenters. The van der Waals surface area contributed by atoms with Gasteiger partial charge in [0, 0.05) is 26.9 Å². The van der Waals surface area contributed by atoms with Crippen molar-refractivity contribution in [3.63, 3.8) is 0 Å². The van der Waals surface area contributed by atoms with Crippen LogP contribution in [0.1, 0.15) is 151 Å². The summed E-state index contributed by atoms with van der Waals surface area (Å²) in [6.07, 6.45) is 19.8. The Morgan fingerprint density at radius 1 is 0.477 bits per heavy atom. The number of hydrogen-bond acceptors (Lipinski definition) is 8. The molecule has 0 saturated carbocycles. The maximum Gasteiger partial charge on any atom is 0.343 e. The number of ether oxygens (including phenoxy) is 4. The monoisotopic (exact) mass is 894 g/mol. The van der Waals surface area contributed by atoms with E-state index in [2.05, 4.69) is 32.9 Å². The largest absolute Gasteiger partial charge is 0.494 e. The molecule has 0 aliphatic rings. The lowest BCUT2D eigenvalue weighted by atomic mass is 10.0. The van der Waals surface area contributed by atoms with Crippen LogP contribution in [0.25, 0.3) is 31.7 Å². The van der Waals surface area contributed by atoms with Crippen LogP contribution in [0.15, 0.2) is 121 Å². The number of hydrogen-bond donors (Lipinski definition) is 0. The second-order valence-corrected chi connectivity index (χ2v) is 18.2. The van der Waals surface area contributed by atoms with Crippen molar-refractivity contribution in [2.24, 2.45) is 5.92 Å². The van der Waals surface area contributed by atoms with Crippen molar-refractivity contribution in [1.29, 1.82) is 0 Å². The molecule has 1 aromatic heterocycles. The molecule has 0 N–H and O–H groups in total. The maximum atomic E-state index is 13.0. The molecule has 342 valence electrons. The van der Waals surface area contributed by atoms with Crippen molar-refractivity contribution in [3.05, 3.63) is 132 Å². The van der Waals surface area contributed by atoms with Crippen molar-refractivity contribution >= 4 is 40.0 Å². The Bertz CT molecular complexity index is 2360. The standard InChI is InChI=1S/C57H66O7S/c1-4-6-7-8-9-10-11-12-15-20-41-61-47-33-29-45(30-34-47)56(59)63-49-35-25-43(26-36-49)54-51-22-18-19-23-52(51)55(65-54)44-27-37-50(38-28-44)64-57(60)46-31-39-48(40-32-46)62-53(58)24-17-14-13-16-21-42(3)5-2/h18-19,22-23,25-40,42H,4-17,20-21,24,41H2,1-3H3/t42-/m0/s1. The fourth-order valence-electron chi connectivity index (χ4n) is 7.83. The van der Waals surface area contributed by atoms with E-state index in [1.807, 2.05) is 60.7 Å². The third-order valence-electron chi connectivity index (χ3n) is 12.0. The van der Waals surface area contributed by atoms with Gasteiger partial charge in [-0.15, -0.1) is 11.3 Å². The summed E-state index contributed by atoms with van der Waals surface area (Å²) >= 11 is 1.68. The topological polar surface area (TPSA) is 88.1 Å². The predicted octanol–water partition coefficient (Wildman–Crippen LogP) is 16.3. The van der Waals surface area contributed by atoms with Crippen LogP contribution in [0.3, 0.4) is 0 Å². The highest BCUT2D eigenvalue weighted by Gasteiger charge is 2.17. The van der Waals surface area contributed by atoms with Gasteiger partial charge in [-0.3, -0.25) is 4.79 Å².